The van der Waals surface area contributed by atoms with E-state index in [4.69, 9.17) is 4.42 Å². The van der Waals surface area contributed by atoms with Crippen molar-refractivity contribution in [3.63, 3.8) is 0 Å². The molecule has 3 rings (SSSR count). The number of hydrogen-bond donors (Lipinski definition) is 1. The normalized spacial score (nSPS) is 16.0. The summed E-state index contributed by atoms with van der Waals surface area (Å²) in [5.74, 6) is 0.316. The molecule has 1 aliphatic rings. The van der Waals surface area contributed by atoms with Gasteiger partial charge in [-0.3, -0.25) is 4.79 Å². The fourth-order valence-corrected chi connectivity index (χ4v) is 3.17. The van der Waals surface area contributed by atoms with E-state index in [1.807, 2.05) is 26.8 Å². The van der Waals surface area contributed by atoms with E-state index in [-0.39, 0.29) is 17.9 Å². The summed E-state index contributed by atoms with van der Waals surface area (Å²) in [6, 6.07) is 4.08. The topological polar surface area (TPSA) is 53.7 Å². The fraction of sp³-hybridized carbons (Fsp3) is 0.500. The van der Waals surface area contributed by atoms with Crippen LogP contribution in [0.2, 0.25) is 0 Å². The summed E-state index contributed by atoms with van der Waals surface area (Å²) < 4.78 is 5.91. The first kappa shape index (κ1) is 15.1. The summed E-state index contributed by atoms with van der Waals surface area (Å²) in [4.78, 5) is 14.4. The maximum atomic E-state index is 12.7. The molecule has 1 aliphatic carbocycles. The maximum absolute atomic E-state index is 12.7. The van der Waals surface area contributed by atoms with Gasteiger partial charge in [-0.05, 0) is 44.7 Å². The number of furan rings is 1. The molecule has 4 nitrogen and oxygen atoms in total. The minimum atomic E-state index is -0.104. The molecule has 0 aliphatic heterocycles. The fourth-order valence-electron chi connectivity index (χ4n) is 3.17. The Hall–Kier alpha value is -1.81. The van der Waals surface area contributed by atoms with Crippen LogP contribution in [0.25, 0.3) is 11.0 Å². The van der Waals surface area contributed by atoms with Gasteiger partial charge in [-0.25, -0.2) is 0 Å². The summed E-state index contributed by atoms with van der Waals surface area (Å²) in [6.45, 7) is 6.69. The third kappa shape index (κ3) is 2.31. The van der Waals surface area contributed by atoms with Gasteiger partial charge in [-0.2, -0.15) is 0 Å². The van der Waals surface area contributed by atoms with Crippen molar-refractivity contribution >= 4 is 16.9 Å². The predicted molar refractivity (Wildman–Crippen MR) is 86.1 cm³/mol. The van der Waals surface area contributed by atoms with Gasteiger partial charge in [0.2, 0.25) is 0 Å². The Balaban J connectivity index is 1.96. The molecule has 2 aromatic rings. The Morgan fingerprint density at radius 1 is 1.27 bits per heavy atom. The van der Waals surface area contributed by atoms with Crippen LogP contribution in [0.4, 0.5) is 0 Å². The van der Waals surface area contributed by atoms with Crippen molar-refractivity contribution in [3.8, 4) is 0 Å². The molecular formula is C18H23NO3. The molecule has 1 aromatic carbocycles. The number of carbonyl (C=O) groups excluding carboxylic acids is 1. The summed E-state index contributed by atoms with van der Waals surface area (Å²) in [7, 11) is 1.78. The largest absolute Gasteiger partial charge is 0.450 e. The van der Waals surface area contributed by atoms with Gasteiger partial charge in [-0.15, -0.1) is 0 Å². The summed E-state index contributed by atoms with van der Waals surface area (Å²) in [5.41, 5.74) is 3.78. The number of amides is 1. The van der Waals surface area contributed by atoms with Crippen LogP contribution < -0.4 is 0 Å². The Bertz CT molecular complexity index is 740. The molecule has 1 saturated carbocycles. The number of hydrogen-bond acceptors (Lipinski definition) is 3. The molecule has 0 saturated heterocycles. The quantitative estimate of drug-likeness (QED) is 0.943. The number of aryl methyl sites for hydroxylation is 3. The van der Waals surface area contributed by atoms with Crippen molar-refractivity contribution in [1.82, 2.24) is 4.90 Å². The van der Waals surface area contributed by atoms with E-state index >= 15 is 0 Å². The van der Waals surface area contributed by atoms with Gasteiger partial charge < -0.3 is 14.4 Å². The van der Waals surface area contributed by atoms with E-state index < -0.39 is 0 Å². The minimum absolute atomic E-state index is 0.0871. The van der Waals surface area contributed by atoms with Gasteiger partial charge in [0.15, 0.2) is 5.76 Å². The van der Waals surface area contributed by atoms with E-state index in [0.717, 1.165) is 40.5 Å². The van der Waals surface area contributed by atoms with Gasteiger partial charge in [0.05, 0.1) is 6.61 Å². The van der Waals surface area contributed by atoms with Crippen molar-refractivity contribution < 1.29 is 14.3 Å². The lowest BCUT2D eigenvalue weighted by molar-refractivity contribution is 0.0704. The van der Waals surface area contributed by atoms with Crippen LogP contribution in [0.3, 0.4) is 0 Å². The highest BCUT2D eigenvalue weighted by Gasteiger charge is 2.44. The lowest BCUT2D eigenvalue weighted by Crippen LogP contribution is -2.34. The molecule has 0 spiro atoms. The zero-order chi connectivity index (χ0) is 16.1. The second-order valence-corrected chi connectivity index (χ2v) is 6.78. The van der Waals surface area contributed by atoms with E-state index in [2.05, 4.69) is 6.07 Å². The summed E-state index contributed by atoms with van der Waals surface area (Å²) in [6.07, 6.45) is 1.97. The first-order valence-corrected chi connectivity index (χ1v) is 7.74. The molecule has 4 heteroatoms. The van der Waals surface area contributed by atoms with Crippen molar-refractivity contribution in [2.24, 2.45) is 5.41 Å². The standard InChI is InChI=1S/C18H23NO3/c1-11-5-6-12(2)15-14(11)13(3)16(22-15)17(21)19(4)9-18(10-20)7-8-18/h5-6,20H,7-10H2,1-4H3. The molecule has 1 amide bonds. The lowest BCUT2D eigenvalue weighted by Gasteiger charge is -2.21. The monoisotopic (exact) mass is 301 g/mol. The van der Waals surface area contributed by atoms with Gasteiger partial charge in [0, 0.05) is 30.0 Å². The second-order valence-electron chi connectivity index (χ2n) is 6.78. The van der Waals surface area contributed by atoms with Gasteiger partial charge in [-0.1, -0.05) is 12.1 Å². The SMILES string of the molecule is Cc1ccc(C)c2c(C)c(C(=O)N(C)CC3(CO)CC3)oc12. The van der Waals surface area contributed by atoms with Crippen LogP contribution >= 0.6 is 0 Å². The molecule has 1 fully saturated rings. The molecule has 0 radical (unpaired) electrons. The number of aliphatic hydroxyl groups is 1. The Labute approximate surface area is 130 Å². The Morgan fingerprint density at radius 3 is 2.45 bits per heavy atom. The van der Waals surface area contributed by atoms with Crippen LogP contribution in [0.1, 0.15) is 40.1 Å². The van der Waals surface area contributed by atoms with Gasteiger partial charge in [0.25, 0.3) is 5.91 Å². The molecule has 1 N–H and O–H groups in total. The molecule has 1 aromatic heterocycles. The van der Waals surface area contributed by atoms with Crippen molar-refractivity contribution in [3.05, 3.63) is 34.6 Å². The third-order valence-electron chi connectivity index (χ3n) is 4.89. The highest BCUT2D eigenvalue weighted by Crippen LogP contribution is 2.45. The predicted octanol–water partition coefficient (Wildman–Crippen LogP) is 3.20. The van der Waals surface area contributed by atoms with E-state index in [0.29, 0.717) is 12.3 Å². The van der Waals surface area contributed by atoms with E-state index in [1.54, 1.807) is 11.9 Å². The molecular weight excluding hydrogens is 278 g/mol. The zero-order valence-corrected chi connectivity index (χ0v) is 13.7. The average Bonchev–Trinajstić information content (AvgIpc) is 3.18. The first-order chi connectivity index (χ1) is 10.4. The smallest absolute Gasteiger partial charge is 0.289 e. The van der Waals surface area contributed by atoms with Crippen molar-refractivity contribution in [1.29, 1.82) is 0 Å². The van der Waals surface area contributed by atoms with Gasteiger partial charge >= 0.3 is 0 Å². The molecule has 22 heavy (non-hydrogen) atoms. The number of carbonyl (C=O) groups is 1. The first-order valence-electron chi connectivity index (χ1n) is 7.74. The van der Waals surface area contributed by atoms with Crippen LogP contribution in [-0.4, -0.2) is 36.1 Å². The van der Waals surface area contributed by atoms with Crippen LogP contribution in [0.5, 0.6) is 0 Å². The Kier molecular flexibility index (Phi) is 3.52. The number of rotatable bonds is 4. The molecule has 0 atom stereocenters. The molecule has 0 unspecified atom stereocenters. The Morgan fingerprint density at radius 2 is 1.91 bits per heavy atom. The average molecular weight is 301 g/mol. The van der Waals surface area contributed by atoms with Crippen LogP contribution in [0, 0.1) is 26.2 Å². The molecule has 118 valence electrons. The molecule has 1 heterocycles. The number of fused-ring (bicyclic) bond motifs is 1. The maximum Gasteiger partial charge on any atom is 0.289 e. The number of benzene rings is 1. The minimum Gasteiger partial charge on any atom is -0.450 e. The van der Waals surface area contributed by atoms with Gasteiger partial charge in [0.1, 0.15) is 5.58 Å². The lowest BCUT2D eigenvalue weighted by atomic mass is 10.0. The molecule has 0 bridgehead atoms. The van der Waals surface area contributed by atoms with Crippen LogP contribution in [-0.2, 0) is 0 Å². The van der Waals surface area contributed by atoms with Crippen molar-refractivity contribution in [2.75, 3.05) is 20.2 Å². The highest BCUT2D eigenvalue weighted by atomic mass is 16.3. The van der Waals surface area contributed by atoms with E-state index in [1.165, 1.54) is 0 Å². The number of aliphatic hydroxyl groups excluding tert-OH is 1. The third-order valence-corrected chi connectivity index (χ3v) is 4.89. The zero-order valence-electron chi connectivity index (χ0n) is 13.7. The van der Waals surface area contributed by atoms with E-state index in [9.17, 15) is 9.90 Å². The second kappa shape index (κ2) is 5.13. The summed E-state index contributed by atoms with van der Waals surface area (Å²) >= 11 is 0. The number of nitrogens with zero attached hydrogens (tertiary/aromatic N) is 1. The summed E-state index contributed by atoms with van der Waals surface area (Å²) in [5, 5.41) is 10.5. The van der Waals surface area contributed by atoms with Crippen LogP contribution in [0.15, 0.2) is 16.5 Å². The highest BCUT2D eigenvalue weighted by molar-refractivity contribution is 6.00. The van der Waals surface area contributed by atoms with Crippen molar-refractivity contribution in [2.45, 2.75) is 33.6 Å².